The van der Waals surface area contributed by atoms with E-state index in [1.54, 1.807) is 18.2 Å². The van der Waals surface area contributed by atoms with E-state index in [4.69, 9.17) is 19.6 Å². The summed E-state index contributed by atoms with van der Waals surface area (Å²) in [7, 11) is 0. The molecule has 0 bridgehead atoms. The number of nitrogens with zero attached hydrogens (tertiary/aromatic N) is 3. The molecule has 8 nitrogen and oxygen atoms in total. The van der Waals surface area contributed by atoms with Crippen molar-refractivity contribution >= 4 is 39.8 Å². The summed E-state index contributed by atoms with van der Waals surface area (Å²) < 4.78 is 17.6. The molecule has 2 aliphatic rings. The van der Waals surface area contributed by atoms with Crippen molar-refractivity contribution in [3.8, 4) is 17.2 Å². The summed E-state index contributed by atoms with van der Waals surface area (Å²) in [5, 5.41) is 15.7. The van der Waals surface area contributed by atoms with Crippen LogP contribution in [0.5, 0.6) is 17.2 Å². The zero-order valence-electron chi connectivity index (χ0n) is 22.5. The van der Waals surface area contributed by atoms with Crippen LogP contribution in [0.3, 0.4) is 0 Å². The summed E-state index contributed by atoms with van der Waals surface area (Å²) in [4.78, 5) is 16.8. The molecule has 0 atom stereocenters. The molecule has 0 saturated heterocycles. The fourth-order valence-electron chi connectivity index (χ4n) is 3.88. The highest BCUT2D eigenvalue weighted by atomic mass is 32.2. The maximum absolute atomic E-state index is 12.7. The van der Waals surface area contributed by atoms with Crippen LogP contribution in [-0.2, 0) is 10.2 Å². The quantitative estimate of drug-likeness (QED) is 0.285. The number of benzene rings is 2. The molecule has 0 aliphatic carbocycles. The SMILES string of the molecule is CCCC1=NN2C(=N)C(=Cc3ccc(OCCOc4ccc(C(C)(C)C)cc4)c(OCC)c3)C(=O)N=C2S1. The highest BCUT2D eigenvalue weighted by molar-refractivity contribution is 8.26. The second kappa shape index (κ2) is 11.9. The molecule has 2 aromatic rings. The highest BCUT2D eigenvalue weighted by Crippen LogP contribution is 2.32. The lowest BCUT2D eigenvalue weighted by Crippen LogP contribution is -2.35. The number of hydrazone groups is 1. The van der Waals surface area contributed by atoms with Crippen molar-refractivity contribution in [2.75, 3.05) is 19.8 Å². The van der Waals surface area contributed by atoms with E-state index in [1.165, 1.54) is 22.3 Å². The third kappa shape index (κ3) is 6.45. The molecule has 0 fully saturated rings. The molecule has 1 amide bonds. The Morgan fingerprint density at radius 2 is 1.74 bits per heavy atom. The van der Waals surface area contributed by atoms with Crippen molar-refractivity contribution in [2.24, 2.45) is 10.1 Å². The summed E-state index contributed by atoms with van der Waals surface area (Å²) in [5.74, 6) is 1.49. The predicted octanol–water partition coefficient (Wildman–Crippen LogP) is 6.26. The lowest BCUT2D eigenvalue weighted by molar-refractivity contribution is -0.114. The number of carbonyl (C=O) groups is 1. The molecule has 0 unspecified atom stereocenters. The Morgan fingerprint density at radius 1 is 1.00 bits per heavy atom. The molecule has 0 aromatic heterocycles. The molecule has 0 spiro atoms. The Kier molecular flexibility index (Phi) is 8.56. The molecule has 38 heavy (non-hydrogen) atoms. The average molecular weight is 535 g/mol. The fraction of sp³-hybridized carbons (Fsp3) is 0.379. The largest absolute Gasteiger partial charge is 0.490 e. The van der Waals surface area contributed by atoms with E-state index in [0.29, 0.717) is 42.1 Å². The number of amides is 1. The van der Waals surface area contributed by atoms with Gasteiger partial charge in [0.05, 0.1) is 12.2 Å². The lowest BCUT2D eigenvalue weighted by Gasteiger charge is -2.20. The van der Waals surface area contributed by atoms with Crippen LogP contribution in [0.1, 0.15) is 58.6 Å². The summed E-state index contributed by atoms with van der Waals surface area (Å²) in [6.07, 6.45) is 3.36. The fourth-order valence-corrected chi connectivity index (χ4v) is 4.86. The molecule has 0 radical (unpaired) electrons. The van der Waals surface area contributed by atoms with Crippen LogP contribution in [0, 0.1) is 5.41 Å². The van der Waals surface area contributed by atoms with Gasteiger partial charge in [0.2, 0.25) is 5.17 Å². The zero-order valence-corrected chi connectivity index (χ0v) is 23.4. The molecule has 0 saturated carbocycles. The number of amidine groups is 2. The molecular formula is C29H34N4O4S. The molecule has 9 heteroatoms. The lowest BCUT2D eigenvalue weighted by atomic mass is 9.87. The van der Waals surface area contributed by atoms with Crippen molar-refractivity contribution in [1.29, 1.82) is 5.41 Å². The Labute approximate surface area is 228 Å². The van der Waals surface area contributed by atoms with Gasteiger partial charge in [-0.2, -0.15) is 15.1 Å². The second-order valence-corrected chi connectivity index (χ2v) is 10.9. The van der Waals surface area contributed by atoms with Crippen molar-refractivity contribution < 1.29 is 19.0 Å². The number of nitrogens with one attached hydrogen (secondary N) is 1. The zero-order chi connectivity index (χ0) is 27.3. The van der Waals surface area contributed by atoms with Crippen LogP contribution in [-0.4, -0.2) is 46.8 Å². The number of rotatable bonds is 10. The monoisotopic (exact) mass is 534 g/mol. The number of carbonyl (C=O) groups excluding carboxylic acids is 1. The molecule has 2 aliphatic heterocycles. The van der Waals surface area contributed by atoms with E-state index in [-0.39, 0.29) is 16.8 Å². The van der Waals surface area contributed by atoms with Crippen LogP contribution < -0.4 is 14.2 Å². The maximum atomic E-state index is 12.7. The van der Waals surface area contributed by atoms with Gasteiger partial charge in [0.15, 0.2) is 17.3 Å². The number of hydrogen-bond donors (Lipinski definition) is 1. The molecule has 200 valence electrons. The first-order valence-corrected chi connectivity index (χ1v) is 13.6. The van der Waals surface area contributed by atoms with Gasteiger partial charge in [-0.25, -0.2) is 0 Å². The van der Waals surface area contributed by atoms with E-state index >= 15 is 0 Å². The van der Waals surface area contributed by atoms with E-state index in [2.05, 4.69) is 49.9 Å². The molecule has 1 N–H and O–H groups in total. The molecule has 2 aromatic carbocycles. The minimum absolute atomic E-state index is 0.0181. The van der Waals surface area contributed by atoms with Crippen LogP contribution in [0.4, 0.5) is 0 Å². The van der Waals surface area contributed by atoms with Gasteiger partial charge in [-0.1, -0.05) is 45.9 Å². The third-order valence-electron chi connectivity index (χ3n) is 5.87. The second-order valence-electron chi connectivity index (χ2n) is 9.87. The summed E-state index contributed by atoms with van der Waals surface area (Å²) in [5.41, 5.74) is 2.23. The minimum atomic E-state index is -0.451. The number of aliphatic imine (C=N–C) groups is 1. The third-order valence-corrected chi connectivity index (χ3v) is 6.84. The Hall–Kier alpha value is -3.59. The number of ether oxygens (including phenoxy) is 3. The van der Waals surface area contributed by atoms with Crippen LogP contribution >= 0.6 is 11.8 Å². The van der Waals surface area contributed by atoms with E-state index in [0.717, 1.165) is 23.6 Å². The smallest absolute Gasteiger partial charge is 0.283 e. The first-order chi connectivity index (χ1) is 18.2. The van der Waals surface area contributed by atoms with Gasteiger partial charge < -0.3 is 14.2 Å². The molecular weight excluding hydrogens is 500 g/mol. The molecule has 4 rings (SSSR count). The number of hydrogen-bond acceptors (Lipinski definition) is 7. The average Bonchev–Trinajstić information content (AvgIpc) is 3.28. The predicted molar refractivity (Wildman–Crippen MR) is 154 cm³/mol. The highest BCUT2D eigenvalue weighted by Gasteiger charge is 2.35. The summed E-state index contributed by atoms with van der Waals surface area (Å²) >= 11 is 1.35. The van der Waals surface area contributed by atoms with Crippen LogP contribution in [0.25, 0.3) is 6.08 Å². The molecule has 2 heterocycles. The standard InChI is InChI=1S/C29H34N4O4S/c1-6-8-25-32-33-26(30)22(27(34)31-28(33)38-25)17-19-9-14-23(24(18-19)35-7-2)37-16-15-36-21-12-10-20(11-13-21)29(3,4)5/h9-14,17-18,30H,6-8,15-16H2,1-5H3. The van der Waals surface area contributed by atoms with E-state index < -0.39 is 5.91 Å². The normalized spacial score (nSPS) is 16.3. The van der Waals surface area contributed by atoms with E-state index in [1.807, 2.05) is 25.1 Å². The summed E-state index contributed by atoms with van der Waals surface area (Å²) in [6, 6.07) is 13.5. The first kappa shape index (κ1) is 27.4. The Balaban J connectivity index is 1.42. The Bertz CT molecular complexity index is 1290. The van der Waals surface area contributed by atoms with Gasteiger partial charge in [0.25, 0.3) is 5.91 Å². The Morgan fingerprint density at radius 3 is 2.42 bits per heavy atom. The van der Waals surface area contributed by atoms with Gasteiger partial charge in [-0.05, 0) is 78.4 Å². The maximum Gasteiger partial charge on any atom is 0.283 e. The van der Waals surface area contributed by atoms with Crippen LogP contribution in [0.2, 0.25) is 0 Å². The van der Waals surface area contributed by atoms with Crippen molar-refractivity contribution in [3.05, 3.63) is 59.2 Å². The minimum Gasteiger partial charge on any atom is -0.490 e. The van der Waals surface area contributed by atoms with Gasteiger partial charge in [-0.15, -0.1) is 0 Å². The topological polar surface area (TPSA) is 96.6 Å². The first-order valence-electron chi connectivity index (χ1n) is 12.8. The van der Waals surface area contributed by atoms with Crippen molar-refractivity contribution in [3.63, 3.8) is 0 Å². The van der Waals surface area contributed by atoms with Crippen molar-refractivity contribution in [1.82, 2.24) is 5.01 Å². The number of fused-ring (bicyclic) bond motifs is 1. The van der Waals surface area contributed by atoms with Gasteiger partial charge >= 0.3 is 0 Å². The van der Waals surface area contributed by atoms with Gasteiger partial charge in [0, 0.05) is 0 Å². The van der Waals surface area contributed by atoms with Crippen molar-refractivity contribution in [2.45, 2.75) is 52.9 Å². The van der Waals surface area contributed by atoms with Crippen LogP contribution in [0.15, 0.2) is 58.1 Å². The van der Waals surface area contributed by atoms with Gasteiger partial charge in [-0.3, -0.25) is 10.2 Å². The van der Waals surface area contributed by atoms with Gasteiger partial charge in [0.1, 0.15) is 24.0 Å². The number of thioether (sulfide) groups is 1. The van der Waals surface area contributed by atoms with E-state index in [9.17, 15) is 4.79 Å². The summed E-state index contributed by atoms with van der Waals surface area (Å²) in [6.45, 7) is 11.7.